The first-order chi connectivity index (χ1) is 14.9. The number of carbonyl (C=O) groups is 1. The Morgan fingerprint density at radius 2 is 1.39 bits per heavy atom. The Morgan fingerprint density at radius 1 is 0.839 bits per heavy atom. The Kier molecular flexibility index (Phi) is 7.28. The number of ether oxygens (including phenoxy) is 2. The molecule has 1 atom stereocenters. The summed E-state index contributed by atoms with van der Waals surface area (Å²) < 4.78 is 38.6. The van der Waals surface area contributed by atoms with E-state index in [2.05, 4.69) is 10.0 Å². The zero-order chi connectivity index (χ0) is 22.3. The minimum absolute atomic E-state index is 0.0450. The van der Waals surface area contributed by atoms with Crippen LogP contribution < -0.4 is 19.5 Å². The zero-order valence-electron chi connectivity index (χ0n) is 17.2. The predicted molar refractivity (Wildman–Crippen MR) is 119 cm³/mol. The van der Waals surface area contributed by atoms with Crippen LogP contribution in [0.3, 0.4) is 0 Å². The Hall–Kier alpha value is -3.36. The van der Waals surface area contributed by atoms with Gasteiger partial charge in [0.25, 0.3) is 0 Å². The molecule has 2 N–H and O–H groups in total. The van der Waals surface area contributed by atoms with Gasteiger partial charge in [0.2, 0.25) is 15.9 Å². The molecule has 0 spiro atoms. The molecule has 0 heterocycles. The van der Waals surface area contributed by atoms with E-state index in [0.29, 0.717) is 17.2 Å². The Labute approximate surface area is 182 Å². The van der Waals surface area contributed by atoms with E-state index in [1.807, 2.05) is 30.3 Å². The summed E-state index contributed by atoms with van der Waals surface area (Å²) in [5, 5.41) is 2.76. The van der Waals surface area contributed by atoms with E-state index in [-0.39, 0.29) is 11.3 Å². The molecule has 1 unspecified atom stereocenters. The van der Waals surface area contributed by atoms with Crippen LogP contribution in [0.1, 0.15) is 5.56 Å². The minimum atomic E-state index is -3.94. The lowest BCUT2D eigenvalue weighted by atomic mass is 10.1. The van der Waals surface area contributed by atoms with E-state index < -0.39 is 22.0 Å². The largest absolute Gasteiger partial charge is 0.497 e. The van der Waals surface area contributed by atoms with Crippen molar-refractivity contribution in [3.63, 3.8) is 0 Å². The fourth-order valence-electron chi connectivity index (χ4n) is 2.95. The molecule has 3 aromatic rings. The van der Waals surface area contributed by atoms with Gasteiger partial charge in [-0.3, -0.25) is 4.79 Å². The van der Waals surface area contributed by atoms with E-state index in [0.717, 1.165) is 5.56 Å². The summed E-state index contributed by atoms with van der Waals surface area (Å²) in [7, 11) is -0.885. The molecular weight excluding hydrogens is 416 g/mol. The van der Waals surface area contributed by atoms with Crippen molar-refractivity contribution in [3.8, 4) is 11.5 Å². The van der Waals surface area contributed by atoms with Crippen LogP contribution in [-0.4, -0.2) is 34.6 Å². The predicted octanol–water partition coefficient (Wildman–Crippen LogP) is 3.23. The van der Waals surface area contributed by atoms with Gasteiger partial charge in [0, 0.05) is 5.69 Å². The second-order valence-corrected chi connectivity index (χ2v) is 8.47. The summed E-state index contributed by atoms with van der Waals surface area (Å²) in [6.07, 6.45) is 0.193. The molecule has 0 aliphatic carbocycles. The lowest BCUT2D eigenvalue weighted by Crippen LogP contribution is -2.45. The Balaban J connectivity index is 1.83. The average molecular weight is 441 g/mol. The summed E-state index contributed by atoms with van der Waals surface area (Å²) in [5.74, 6) is 0.724. The number of hydrogen-bond acceptors (Lipinski definition) is 5. The van der Waals surface area contributed by atoms with Crippen molar-refractivity contribution in [1.29, 1.82) is 0 Å². The van der Waals surface area contributed by atoms with Gasteiger partial charge in [0.05, 0.1) is 19.1 Å². The van der Waals surface area contributed by atoms with Crippen LogP contribution in [0.2, 0.25) is 0 Å². The van der Waals surface area contributed by atoms with Crippen LogP contribution >= 0.6 is 0 Å². The molecule has 7 nitrogen and oxygen atoms in total. The highest BCUT2D eigenvalue weighted by atomic mass is 32.2. The summed E-state index contributed by atoms with van der Waals surface area (Å²) in [6.45, 7) is 0. The van der Waals surface area contributed by atoms with E-state index in [1.54, 1.807) is 43.5 Å². The molecule has 3 rings (SSSR count). The van der Waals surface area contributed by atoms with E-state index in [4.69, 9.17) is 9.47 Å². The molecule has 0 aromatic heterocycles. The molecule has 3 aromatic carbocycles. The lowest BCUT2D eigenvalue weighted by molar-refractivity contribution is -0.117. The average Bonchev–Trinajstić information content (AvgIpc) is 2.79. The van der Waals surface area contributed by atoms with Crippen LogP contribution in [0.15, 0.2) is 83.8 Å². The van der Waals surface area contributed by atoms with Crippen molar-refractivity contribution in [2.75, 3.05) is 19.5 Å². The first-order valence-electron chi connectivity index (χ1n) is 9.56. The maximum absolute atomic E-state index is 13.0. The molecule has 162 valence electrons. The second kappa shape index (κ2) is 10.1. The van der Waals surface area contributed by atoms with Crippen molar-refractivity contribution >= 4 is 21.6 Å². The molecule has 0 aliphatic rings. The molecule has 0 saturated carbocycles. The quantitative estimate of drug-likeness (QED) is 0.533. The number of nitrogens with one attached hydrogen (secondary N) is 2. The standard InChI is InChI=1S/C23H24N2O5S/c1-29-19-10-8-18(9-11-19)24-23(26)22(16-17-6-4-3-5-7-17)25-31(27,28)21-14-12-20(30-2)13-15-21/h3-15,22,25H,16H2,1-2H3,(H,24,26). The number of anilines is 1. The highest BCUT2D eigenvalue weighted by Gasteiger charge is 2.26. The van der Waals surface area contributed by atoms with Gasteiger partial charge in [-0.1, -0.05) is 30.3 Å². The fraction of sp³-hybridized carbons (Fsp3) is 0.174. The number of carbonyl (C=O) groups excluding carboxylic acids is 1. The maximum atomic E-state index is 13.0. The first-order valence-corrected chi connectivity index (χ1v) is 11.0. The number of hydrogen-bond donors (Lipinski definition) is 2. The third-order valence-electron chi connectivity index (χ3n) is 4.62. The van der Waals surface area contributed by atoms with Gasteiger partial charge >= 0.3 is 0 Å². The highest BCUT2D eigenvalue weighted by molar-refractivity contribution is 7.89. The normalized spacial score (nSPS) is 12.1. The van der Waals surface area contributed by atoms with Crippen molar-refractivity contribution in [2.24, 2.45) is 0 Å². The molecule has 0 bridgehead atoms. The molecule has 8 heteroatoms. The van der Waals surface area contributed by atoms with Crippen molar-refractivity contribution in [3.05, 3.63) is 84.4 Å². The topological polar surface area (TPSA) is 93.7 Å². The van der Waals surface area contributed by atoms with Crippen LogP contribution in [0.25, 0.3) is 0 Å². The first kappa shape index (κ1) is 22.3. The smallest absolute Gasteiger partial charge is 0.242 e. The molecule has 31 heavy (non-hydrogen) atoms. The highest BCUT2D eigenvalue weighted by Crippen LogP contribution is 2.18. The summed E-state index contributed by atoms with van der Waals surface area (Å²) in [6, 6.07) is 21.0. The van der Waals surface area contributed by atoms with Gasteiger partial charge in [-0.05, 0) is 60.5 Å². The lowest BCUT2D eigenvalue weighted by Gasteiger charge is -2.19. The van der Waals surface area contributed by atoms with Gasteiger partial charge in [-0.2, -0.15) is 4.72 Å². The SMILES string of the molecule is COc1ccc(NC(=O)C(Cc2ccccc2)NS(=O)(=O)c2ccc(OC)cc2)cc1. The minimum Gasteiger partial charge on any atom is -0.497 e. The fourth-order valence-corrected chi connectivity index (χ4v) is 4.15. The molecule has 0 radical (unpaired) electrons. The number of rotatable bonds is 9. The molecule has 0 saturated heterocycles. The van der Waals surface area contributed by atoms with E-state index >= 15 is 0 Å². The Morgan fingerprint density at radius 3 is 1.94 bits per heavy atom. The summed E-state index contributed by atoms with van der Waals surface area (Å²) in [5.41, 5.74) is 1.36. The molecular formula is C23H24N2O5S. The summed E-state index contributed by atoms with van der Waals surface area (Å²) in [4.78, 5) is 13.0. The number of amides is 1. The number of benzene rings is 3. The molecule has 1 amide bonds. The van der Waals surface area contributed by atoms with Gasteiger partial charge < -0.3 is 14.8 Å². The van der Waals surface area contributed by atoms with E-state index in [1.165, 1.54) is 19.2 Å². The second-order valence-electron chi connectivity index (χ2n) is 6.76. The van der Waals surface area contributed by atoms with Crippen molar-refractivity contribution in [1.82, 2.24) is 4.72 Å². The van der Waals surface area contributed by atoms with Crippen LogP contribution in [0.4, 0.5) is 5.69 Å². The number of sulfonamides is 1. The zero-order valence-corrected chi connectivity index (χ0v) is 18.1. The van der Waals surface area contributed by atoms with Gasteiger partial charge in [-0.15, -0.1) is 0 Å². The van der Waals surface area contributed by atoms with Crippen molar-refractivity contribution < 1.29 is 22.7 Å². The van der Waals surface area contributed by atoms with Crippen LogP contribution in [0.5, 0.6) is 11.5 Å². The van der Waals surface area contributed by atoms with Crippen LogP contribution in [-0.2, 0) is 21.2 Å². The third-order valence-corrected chi connectivity index (χ3v) is 6.11. The summed E-state index contributed by atoms with van der Waals surface area (Å²) >= 11 is 0. The van der Waals surface area contributed by atoms with Crippen LogP contribution in [0, 0.1) is 0 Å². The monoisotopic (exact) mass is 440 g/mol. The number of methoxy groups -OCH3 is 2. The maximum Gasteiger partial charge on any atom is 0.242 e. The third kappa shape index (κ3) is 6.07. The van der Waals surface area contributed by atoms with Crippen molar-refractivity contribution in [2.45, 2.75) is 17.4 Å². The molecule has 0 aliphatic heterocycles. The van der Waals surface area contributed by atoms with Gasteiger partial charge in [0.15, 0.2) is 0 Å². The van der Waals surface area contributed by atoms with E-state index in [9.17, 15) is 13.2 Å². The molecule has 0 fully saturated rings. The van der Waals surface area contributed by atoms with Gasteiger partial charge in [0.1, 0.15) is 17.5 Å². The Bertz CT molecular complexity index is 1100. The van der Waals surface area contributed by atoms with Gasteiger partial charge in [-0.25, -0.2) is 8.42 Å².